The van der Waals surface area contributed by atoms with Crippen molar-refractivity contribution in [2.24, 2.45) is 0 Å². The molecule has 0 atom stereocenters. The van der Waals surface area contributed by atoms with Crippen molar-refractivity contribution in [3.05, 3.63) is 330 Å². The number of hydrogen-bond acceptors (Lipinski definition) is 3. The lowest BCUT2D eigenvalue weighted by molar-refractivity contribution is 0.436. The Balaban J connectivity index is 0.864. The molecule has 3 heteroatoms. The van der Waals surface area contributed by atoms with Crippen LogP contribution in [0.5, 0.6) is 23.0 Å². The number of hydrogen-bond donors (Lipinski definition) is 0. The van der Waals surface area contributed by atoms with E-state index in [1.807, 2.05) is 0 Å². The Hall–Kier alpha value is -9.96. The van der Waals surface area contributed by atoms with Gasteiger partial charge in [0.1, 0.15) is 23.0 Å². The normalized spacial score (nSPS) is 13.9. The molecule has 0 unspecified atom stereocenters. The molecule has 0 amide bonds. The molecule has 12 aromatic rings. The molecule has 0 saturated heterocycles. The highest BCUT2D eigenvalue weighted by Crippen LogP contribution is 2.65. The smallest absolute Gasteiger partial charge is 0.132 e. The van der Waals surface area contributed by atoms with Gasteiger partial charge in [-0.3, -0.25) is 0 Å². The quantitative estimate of drug-likeness (QED) is 0.166. The van der Waals surface area contributed by atoms with Gasteiger partial charge in [-0.25, -0.2) is 0 Å². The fourth-order valence-electron chi connectivity index (χ4n) is 13.6. The van der Waals surface area contributed by atoms with Crippen molar-refractivity contribution in [1.29, 1.82) is 0 Å². The van der Waals surface area contributed by atoms with Gasteiger partial charge in [0.15, 0.2) is 0 Å². The minimum atomic E-state index is -0.602. The first-order valence-electron chi connectivity index (χ1n) is 26.6. The minimum Gasteiger partial charge on any atom is -0.457 e. The van der Waals surface area contributed by atoms with E-state index < -0.39 is 10.8 Å². The van der Waals surface area contributed by atoms with Crippen molar-refractivity contribution in [2.75, 3.05) is 4.90 Å². The van der Waals surface area contributed by atoms with Gasteiger partial charge in [-0.15, -0.1) is 0 Å². The lowest BCUT2D eigenvalue weighted by atomic mass is 9.66. The van der Waals surface area contributed by atoms with Crippen LogP contribution in [0.25, 0.3) is 55.6 Å². The number of anilines is 3. The zero-order chi connectivity index (χ0) is 50.7. The number of ether oxygens (including phenoxy) is 2. The van der Waals surface area contributed by atoms with Gasteiger partial charge < -0.3 is 14.4 Å². The van der Waals surface area contributed by atoms with Crippen LogP contribution in [-0.2, 0) is 10.8 Å². The van der Waals surface area contributed by atoms with Gasteiger partial charge in [0.05, 0.1) is 16.5 Å². The molecule has 2 spiro atoms. The molecule has 77 heavy (non-hydrogen) atoms. The Morgan fingerprint density at radius 1 is 0.234 bits per heavy atom. The molecule has 0 bridgehead atoms. The molecule has 0 N–H and O–H groups in total. The van der Waals surface area contributed by atoms with Crippen LogP contribution in [-0.4, -0.2) is 0 Å². The fraction of sp³-hybridized carbons (Fsp3) is 0.0270. The summed E-state index contributed by atoms with van der Waals surface area (Å²) in [6.45, 7) is 0. The van der Waals surface area contributed by atoms with Crippen LogP contribution in [0.4, 0.5) is 17.1 Å². The number of nitrogens with zero attached hydrogens (tertiary/aromatic N) is 1. The predicted molar refractivity (Wildman–Crippen MR) is 312 cm³/mol. The Kier molecular flexibility index (Phi) is 9.47. The number of benzene rings is 12. The van der Waals surface area contributed by atoms with Gasteiger partial charge in [-0.05, 0) is 133 Å². The molecule has 12 aromatic carbocycles. The molecular formula is C74H47NO2. The van der Waals surface area contributed by atoms with Gasteiger partial charge in [0.2, 0.25) is 0 Å². The Bertz CT molecular complexity index is 4240. The highest BCUT2D eigenvalue weighted by molar-refractivity contribution is 5.99. The standard InChI is InChI=1S/C74H47NO2/c1-2-17-48(18-3-1)49-33-35-50(36-34-49)51-37-42-54(43-38-51)75(67-28-16-27-65-72(67)58-20-5-7-22-60(58)73(65)61-23-8-12-29-68(61)76-69-30-13-9-24-62(69)73)55-44-39-52(40-45-55)53-41-46-57-56-19-4-6-21-59(56)74(66(57)47-53)63-25-10-14-31-70(63)77-71-32-15-11-26-64(71)74/h1-47H. The second-order valence-electron chi connectivity index (χ2n) is 20.6. The molecule has 0 aromatic heterocycles. The van der Waals surface area contributed by atoms with Crippen molar-refractivity contribution in [2.45, 2.75) is 10.8 Å². The van der Waals surface area contributed by atoms with E-state index in [2.05, 4.69) is 290 Å². The van der Waals surface area contributed by atoms with E-state index in [-0.39, 0.29) is 0 Å². The summed E-state index contributed by atoms with van der Waals surface area (Å²) in [5, 5.41) is 0. The molecule has 2 heterocycles. The molecule has 16 rings (SSSR count). The minimum absolute atomic E-state index is 0.549. The zero-order valence-corrected chi connectivity index (χ0v) is 41.9. The maximum atomic E-state index is 6.72. The molecule has 0 saturated carbocycles. The van der Waals surface area contributed by atoms with E-state index in [1.165, 1.54) is 61.2 Å². The van der Waals surface area contributed by atoms with E-state index in [0.717, 1.165) is 79.0 Å². The predicted octanol–water partition coefficient (Wildman–Crippen LogP) is 19.1. The van der Waals surface area contributed by atoms with Crippen LogP contribution >= 0.6 is 0 Å². The summed E-state index contributed by atoms with van der Waals surface area (Å²) in [6, 6.07) is 104. The molecular weight excluding hydrogens is 935 g/mol. The topological polar surface area (TPSA) is 21.7 Å². The van der Waals surface area contributed by atoms with Crippen LogP contribution in [0.3, 0.4) is 0 Å². The molecule has 4 aliphatic rings. The zero-order valence-electron chi connectivity index (χ0n) is 41.9. The van der Waals surface area contributed by atoms with Crippen molar-refractivity contribution < 1.29 is 9.47 Å². The molecule has 2 aliphatic heterocycles. The number of fused-ring (bicyclic) bond motifs is 18. The van der Waals surface area contributed by atoms with Gasteiger partial charge >= 0.3 is 0 Å². The van der Waals surface area contributed by atoms with E-state index >= 15 is 0 Å². The van der Waals surface area contributed by atoms with Gasteiger partial charge in [0.25, 0.3) is 0 Å². The van der Waals surface area contributed by atoms with Crippen LogP contribution in [0, 0.1) is 0 Å². The highest BCUT2D eigenvalue weighted by Gasteiger charge is 2.53. The molecule has 360 valence electrons. The van der Waals surface area contributed by atoms with Crippen LogP contribution < -0.4 is 14.4 Å². The average molecular weight is 982 g/mol. The largest absolute Gasteiger partial charge is 0.457 e. The Labute approximate surface area is 448 Å². The molecule has 0 radical (unpaired) electrons. The SMILES string of the molecule is c1ccc(-c2ccc(-c3ccc(N(c4ccc(-c5ccc6c(c5)C5(c7ccccc7Oc7ccccc75)c5ccccc5-6)cc4)c4cccc5c4-c4ccccc4C54c5ccccc5Oc5ccccc54)cc3)cc2)cc1. The maximum Gasteiger partial charge on any atom is 0.132 e. The van der Waals surface area contributed by atoms with Crippen molar-refractivity contribution in [3.8, 4) is 78.6 Å². The van der Waals surface area contributed by atoms with Crippen LogP contribution in [0.15, 0.2) is 285 Å². The maximum absolute atomic E-state index is 6.72. The van der Waals surface area contributed by atoms with Crippen molar-refractivity contribution in [3.63, 3.8) is 0 Å². The summed E-state index contributed by atoms with van der Waals surface area (Å²) < 4.78 is 13.4. The van der Waals surface area contributed by atoms with Crippen LogP contribution in [0.1, 0.15) is 44.5 Å². The summed E-state index contributed by atoms with van der Waals surface area (Å²) in [6.07, 6.45) is 0. The summed E-state index contributed by atoms with van der Waals surface area (Å²) in [5.41, 5.74) is 23.7. The first kappa shape index (κ1) is 43.4. The lowest BCUT2D eigenvalue weighted by Crippen LogP contribution is -2.32. The van der Waals surface area contributed by atoms with Gasteiger partial charge in [0, 0.05) is 39.2 Å². The Morgan fingerprint density at radius 2 is 0.584 bits per heavy atom. The van der Waals surface area contributed by atoms with E-state index in [4.69, 9.17) is 9.47 Å². The van der Waals surface area contributed by atoms with Crippen molar-refractivity contribution >= 4 is 17.1 Å². The average Bonchev–Trinajstić information content (AvgIpc) is 4.20. The number of para-hydroxylation sites is 4. The highest BCUT2D eigenvalue weighted by atomic mass is 16.5. The second-order valence-corrected chi connectivity index (χ2v) is 20.6. The summed E-state index contributed by atoms with van der Waals surface area (Å²) in [5.74, 6) is 3.55. The summed E-state index contributed by atoms with van der Waals surface area (Å²) in [7, 11) is 0. The molecule has 0 fully saturated rings. The fourth-order valence-corrected chi connectivity index (χ4v) is 13.6. The van der Waals surface area contributed by atoms with Crippen LogP contribution in [0.2, 0.25) is 0 Å². The molecule has 2 aliphatic carbocycles. The lowest BCUT2D eigenvalue weighted by Gasteiger charge is -2.39. The van der Waals surface area contributed by atoms with Gasteiger partial charge in [-0.2, -0.15) is 0 Å². The third-order valence-corrected chi connectivity index (χ3v) is 16.8. The van der Waals surface area contributed by atoms with Gasteiger partial charge in [-0.1, -0.05) is 224 Å². The van der Waals surface area contributed by atoms with E-state index in [0.29, 0.717) is 0 Å². The monoisotopic (exact) mass is 981 g/mol. The van der Waals surface area contributed by atoms with Crippen molar-refractivity contribution in [1.82, 2.24) is 0 Å². The first-order chi connectivity index (χ1) is 38.2. The molecule has 3 nitrogen and oxygen atoms in total. The third kappa shape index (κ3) is 6.20. The number of rotatable bonds is 6. The first-order valence-corrected chi connectivity index (χ1v) is 26.6. The van der Waals surface area contributed by atoms with E-state index in [9.17, 15) is 0 Å². The summed E-state index contributed by atoms with van der Waals surface area (Å²) in [4.78, 5) is 2.46. The Morgan fingerprint density at radius 3 is 1.10 bits per heavy atom. The van der Waals surface area contributed by atoms with E-state index in [1.54, 1.807) is 0 Å². The summed E-state index contributed by atoms with van der Waals surface area (Å²) >= 11 is 0. The second kappa shape index (κ2) is 16.8. The third-order valence-electron chi connectivity index (χ3n) is 16.8.